The minimum absolute atomic E-state index is 0.149. The second-order valence-electron chi connectivity index (χ2n) is 6.16. The first-order valence-electron chi connectivity index (χ1n) is 7.97. The summed E-state index contributed by atoms with van der Waals surface area (Å²) in [5, 5.41) is 0.456. The van der Waals surface area contributed by atoms with Crippen LogP contribution in [0.2, 0.25) is 5.02 Å². The Morgan fingerprint density at radius 3 is 2.44 bits per heavy atom. The van der Waals surface area contributed by atoms with Gasteiger partial charge in [0, 0.05) is 10.7 Å². The van der Waals surface area contributed by atoms with E-state index in [0.717, 1.165) is 12.0 Å². The van der Waals surface area contributed by atoms with Crippen LogP contribution in [0.5, 0.6) is 0 Å². The van der Waals surface area contributed by atoms with Gasteiger partial charge in [0.1, 0.15) is 0 Å². The standard InChI is InChI=1S/C20H16ClNO2S/c21-20-8-4-2-6-15(20)13-25(23,24)22-17-9-10-19-16(12-17)11-14-5-1-3-7-18(14)19/h1-10,12,22H,11,13H2. The van der Waals surface area contributed by atoms with Gasteiger partial charge < -0.3 is 0 Å². The maximum Gasteiger partial charge on any atom is 0.236 e. The van der Waals surface area contributed by atoms with Gasteiger partial charge in [-0.2, -0.15) is 0 Å². The summed E-state index contributed by atoms with van der Waals surface area (Å²) in [5.41, 5.74) is 5.98. The van der Waals surface area contributed by atoms with Gasteiger partial charge in [-0.3, -0.25) is 4.72 Å². The molecule has 0 fully saturated rings. The van der Waals surface area contributed by atoms with E-state index in [0.29, 0.717) is 16.3 Å². The molecular weight excluding hydrogens is 354 g/mol. The van der Waals surface area contributed by atoms with Crippen LogP contribution in [0.4, 0.5) is 5.69 Å². The highest BCUT2D eigenvalue weighted by molar-refractivity contribution is 7.91. The fourth-order valence-electron chi connectivity index (χ4n) is 3.24. The Hall–Kier alpha value is -2.30. The Morgan fingerprint density at radius 2 is 1.60 bits per heavy atom. The van der Waals surface area contributed by atoms with Crippen LogP contribution >= 0.6 is 11.6 Å². The highest BCUT2D eigenvalue weighted by Gasteiger charge is 2.19. The molecule has 0 unspecified atom stereocenters. The maximum atomic E-state index is 12.5. The van der Waals surface area contributed by atoms with E-state index in [2.05, 4.69) is 16.9 Å². The van der Waals surface area contributed by atoms with E-state index in [4.69, 9.17) is 11.6 Å². The van der Waals surface area contributed by atoms with E-state index in [1.54, 1.807) is 24.3 Å². The van der Waals surface area contributed by atoms with E-state index < -0.39 is 10.0 Å². The van der Waals surface area contributed by atoms with Gasteiger partial charge in [0.2, 0.25) is 10.0 Å². The van der Waals surface area contributed by atoms with Crippen LogP contribution in [-0.2, 0) is 22.2 Å². The van der Waals surface area contributed by atoms with Gasteiger partial charge >= 0.3 is 0 Å². The molecule has 0 aliphatic heterocycles. The third-order valence-electron chi connectivity index (χ3n) is 4.37. The summed E-state index contributed by atoms with van der Waals surface area (Å²) in [5.74, 6) is -0.149. The number of anilines is 1. The van der Waals surface area contributed by atoms with E-state index >= 15 is 0 Å². The minimum atomic E-state index is -3.53. The SMILES string of the molecule is O=S(=O)(Cc1ccccc1Cl)Nc1ccc2c(c1)Cc1ccccc1-2. The predicted octanol–water partition coefficient (Wildman–Crippen LogP) is 4.85. The summed E-state index contributed by atoms with van der Waals surface area (Å²) >= 11 is 6.07. The molecule has 0 amide bonds. The van der Waals surface area contributed by atoms with Crippen LogP contribution in [-0.4, -0.2) is 8.42 Å². The topological polar surface area (TPSA) is 46.2 Å². The molecule has 3 nitrogen and oxygen atoms in total. The van der Waals surface area contributed by atoms with Crippen molar-refractivity contribution in [3.8, 4) is 11.1 Å². The predicted molar refractivity (Wildman–Crippen MR) is 102 cm³/mol. The average Bonchev–Trinajstić information content (AvgIpc) is 2.94. The molecule has 25 heavy (non-hydrogen) atoms. The quantitative estimate of drug-likeness (QED) is 0.558. The highest BCUT2D eigenvalue weighted by atomic mass is 35.5. The molecule has 1 aliphatic carbocycles. The largest absolute Gasteiger partial charge is 0.283 e. The third kappa shape index (κ3) is 3.28. The average molecular weight is 370 g/mol. The molecule has 126 valence electrons. The summed E-state index contributed by atoms with van der Waals surface area (Å²) in [6.07, 6.45) is 0.825. The number of hydrogen-bond donors (Lipinski definition) is 1. The molecule has 1 N–H and O–H groups in total. The first kappa shape index (κ1) is 16.2. The molecule has 0 radical (unpaired) electrons. The summed E-state index contributed by atoms with van der Waals surface area (Å²) in [7, 11) is -3.53. The second-order valence-corrected chi connectivity index (χ2v) is 8.29. The molecule has 4 rings (SSSR count). The lowest BCUT2D eigenvalue weighted by Gasteiger charge is -2.10. The summed E-state index contributed by atoms with van der Waals surface area (Å²) in [6.45, 7) is 0. The van der Waals surface area contributed by atoms with Crippen LogP contribution in [0.3, 0.4) is 0 Å². The lowest BCUT2D eigenvalue weighted by atomic mass is 10.1. The number of rotatable bonds is 4. The molecule has 0 saturated carbocycles. The van der Waals surface area contributed by atoms with Crippen molar-refractivity contribution < 1.29 is 8.42 Å². The van der Waals surface area contributed by atoms with Crippen LogP contribution in [0.15, 0.2) is 66.7 Å². The Morgan fingerprint density at radius 1 is 0.880 bits per heavy atom. The van der Waals surface area contributed by atoms with Gasteiger partial charge in [-0.1, -0.05) is 60.1 Å². The first-order valence-corrected chi connectivity index (χ1v) is 10.00. The Kier molecular flexibility index (Phi) is 4.02. The maximum absolute atomic E-state index is 12.5. The molecule has 3 aromatic rings. The van der Waals surface area contributed by atoms with E-state index in [9.17, 15) is 8.42 Å². The smallest absolute Gasteiger partial charge is 0.236 e. The van der Waals surface area contributed by atoms with Crippen LogP contribution in [0.25, 0.3) is 11.1 Å². The fraction of sp³-hybridized carbons (Fsp3) is 0.100. The summed E-state index contributed by atoms with van der Waals surface area (Å²) in [6, 6.07) is 20.9. The van der Waals surface area contributed by atoms with Crippen molar-refractivity contribution in [2.45, 2.75) is 12.2 Å². The molecule has 3 aromatic carbocycles. The monoisotopic (exact) mass is 369 g/mol. The van der Waals surface area contributed by atoms with Crippen LogP contribution in [0, 0.1) is 0 Å². The lowest BCUT2D eigenvalue weighted by molar-refractivity contribution is 0.600. The van der Waals surface area contributed by atoms with E-state index in [1.165, 1.54) is 16.7 Å². The zero-order valence-electron chi connectivity index (χ0n) is 13.4. The normalized spacial score (nSPS) is 12.5. The Balaban J connectivity index is 1.58. The Bertz CT molecular complexity index is 1060. The van der Waals surface area contributed by atoms with Crippen molar-refractivity contribution in [1.29, 1.82) is 0 Å². The number of sulfonamides is 1. The van der Waals surface area contributed by atoms with Gasteiger partial charge in [0.25, 0.3) is 0 Å². The van der Waals surface area contributed by atoms with Crippen LogP contribution in [0.1, 0.15) is 16.7 Å². The van der Waals surface area contributed by atoms with Gasteiger partial charge in [0.15, 0.2) is 0 Å². The van der Waals surface area contributed by atoms with E-state index in [-0.39, 0.29) is 5.75 Å². The molecule has 5 heteroatoms. The summed E-state index contributed by atoms with van der Waals surface area (Å²) < 4.78 is 27.6. The van der Waals surface area contributed by atoms with E-state index in [1.807, 2.05) is 30.3 Å². The van der Waals surface area contributed by atoms with Gasteiger partial charge in [-0.15, -0.1) is 0 Å². The number of nitrogens with one attached hydrogen (secondary N) is 1. The van der Waals surface area contributed by atoms with Gasteiger partial charge in [-0.05, 0) is 52.4 Å². The molecule has 0 bridgehead atoms. The fourth-order valence-corrected chi connectivity index (χ4v) is 4.75. The number of hydrogen-bond acceptors (Lipinski definition) is 2. The molecule has 0 atom stereocenters. The molecule has 0 saturated heterocycles. The molecule has 1 aliphatic rings. The van der Waals surface area contributed by atoms with Gasteiger partial charge in [-0.25, -0.2) is 8.42 Å². The molecule has 0 aromatic heterocycles. The zero-order valence-corrected chi connectivity index (χ0v) is 14.9. The summed E-state index contributed by atoms with van der Waals surface area (Å²) in [4.78, 5) is 0. The van der Waals surface area contributed by atoms with Crippen molar-refractivity contribution in [3.05, 3.63) is 88.4 Å². The zero-order chi connectivity index (χ0) is 17.4. The third-order valence-corrected chi connectivity index (χ3v) is 5.98. The molecular formula is C20H16ClNO2S. The van der Waals surface area contributed by atoms with Crippen LogP contribution < -0.4 is 4.72 Å². The van der Waals surface area contributed by atoms with Crippen molar-refractivity contribution in [2.75, 3.05) is 4.72 Å². The number of fused-ring (bicyclic) bond motifs is 3. The number of benzene rings is 3. The highest BCUT2D eigenvalue weighted by Crippen LogP contribution is 2.37. The molecule has 0 heterocycles. The number of halogens is 1. The van der Waals surface area contributed by atoms with Crippen molar-refractivity contribution in [1.82, 2.24) is 0 Å². The first-order chi connectivity index (χ1) is 12.0. The second kappa shape index (κ2) is 6.21. The van der Waals surface area contributed by atoms with Crippen molar-refractivity contribution in [3.63, 3.8) is 0 Å². The molecule has 0 spiro atoms. The lowest BCUT2D eigenvalue weighted by Crippen LogP contribution is -2.15. The van der Waals surface area contributed by atoms with Crippen molar-refractivity contribution >= 4 is 27.3 Å². The van der Waals surface area contributed by atoms with Crippen molar-refractivity contribution in [2.24, 2.45) is 0 Å². The minimum Gasteiger partial charge on any atom is -0.283 e. The van der Waals surface area contributed by atoms with Gasteiger partial charge in [0.05, 0.1) is 5.75 Å². The Labute approximate surface area is 152 Å².